The van der Waals surface area contributed by atoms with Crippen molar-refractivity contribution in [1.82, 2.24) is 9.88 Å². The van der Waals surface area contributed by atoms with E-state index < -0.39 is 48.4 Å². The molecule has 0 saturated carbocycles. The summed E-state index contributed by atoms with van der Waals surface area (Å²) in [6.07, 6.45) is 1.50. The number of nitro benzene ring substituents is 1. The maximum Gasteiger partial charge on any atom is 0.269 e. The minimum Gasteiger partial charge on any atom is -0.432 e. The van der Waals surface area contributed by atoms with Crippen LogP contribution in [0.25, 0.3) is 10.9 Å². The first-order valence-electron chi connectivity index (χ1n) is 19.2. The molecule has 4 aromatic carbocycles. The molecular formula is C43H45N5O8Si. The van der Waals surface area contributed by atoms with Gasteiger partial charge in [0, 0.05) is 58.5 Å². The first-order valence-corrected chi connectivity index (χ1v) is 22.2. The number of aromatic amines is 1. The number of hydrogen-bond donors (Lipinski definition) is 4. The number of non-ortho nitro benzene ring substituents is 1. The summed E-state index contributed by atoms with van der Waals surface area (Å²) in [6, 6.07) is 26.6. The van der Waals surface area contributed by atoms with E-state index in [1.807, 2.05) is 73.8 Å². The van der Waals surface area contributed by atoms with Crippen LogP contribution in [0.1, 0.15) is 41.2 Å². The highest BCUT2D eigenvalue weighted by Gasteiger charge is 2.66. The zero-order valence-corrected chi connectivity index (χ0v) is 33.0. The van der Waals surface area contributed by atoms with Gasteiger partial charge in [-0.25, -0.2) is 0 Å². The van der Waals surface area contributed by atoms with Crippen molar-refractivity contribution in [2.75, 3.05) is 16.8 Å². The first kappa shape index (κ1) is 38.2. The number of amides is 3. The molecule has 57 heavy (non-hydrogen) atoms. The number of anilines is 2. The maximum atomic E-state index is 15.0. The molecule has 3 amide bonds. The van der Waals surface area contributed by atoms with E-state index >= 15 is 0 Å². The number of benzene rings is 4. The summed E-state index contributed by atoms with van der Waals surface area (Å²) in [6.45, 7) is 5.53. The van der Waals surface area contributed by atoms with E-state index in [9.17, 15) is 34.4 Å². The van der Waals surface area contributed by atoms with Gasteiger partial charge in [-0.05, 0) is 66.0 Å². The molecule has 4 heterocycles. The number of nitrogens with one attached hydrogen (secondary N) is 2. The highest BCUT2D eigenvalue weighted by Crippen LogP contribution is 2.60. The molecule has 3 aliphatic heterocycles. The first-order chi connectivity index (χ1) is 27.3. The second-order valence-corrected chi connectivity index (χ2v) is 20.0. The number of aliphatic hydroxyl groups excluding tert-OH is 1. The zero-order chi connectivity index (χ0) is 40.2. The molecule has 8 rings (SSSR count). The highest BCUT2D eigenvalue weighted by atomic mass is 28.4. The largest absolute Gasteiger partial charge is 0.432 e. The summed E-state index contributed by atoms with van der Waals surface area (Å²) in [7, 11) is -3.17. The van der Waals surface area contributed by atoms with Crippen molar-refractivity contribution < 1.29 is 33.9 Å². The second-order valence-electron chi connectivity index (χ2n) is 16.0. The predicted octanol–water partition coefficient (Wildman–Crippen LogP) is 5.94. The van der Waals surface area contributed by atoms with E-state index in [1.54, 1.807) is 41.1 Å². The van der Waals surface area contributed by atoms with Gasteiger partial charge in [0.05, 0.1) is 48.7 Å². The molecule has 14 heteroatoms. The van der Waals surface area contributed by atoms with E-state index in [0.29, 0.717) is 29.9 Å². The number of ether oxygens (including phenoxy) is 1. The van der Waals surface area contributed by atoms with Crippen LogP contribution >= 0.6 is 0 Å². The Morgan fingerprint density at radius 3 is 2.47 bits per heavy atom. The lowest BCUT2D eigenvalue weighted by molar-refractivity contribution is -0.385. The molecule has 3 aliphatic rings. The van der Waals surface area contributed by atoms with Crippen molar-refractivity contribution in [3.63, 3.8) is 0 Å². The number of fused-ring (bicyclic) bond motifs is 4. The molecule has 0 radical (unpaired) electrons. The fourth-order valence-corrected chi connectivity index (χ4v) is 12.0. The molecule has 1 aromatic heterocycles. The van der Waals surface area contributed by atoms with Crippen molar-refractivity contribution in [3.05, 3.63) is 135 Å². The molecule has 1 spiro atoms. The minimum atomic E-state index is -3.17. The number of hydrogen-bond acceptors (Lipinski definition) is 8. The lowest BCUT2D eigenvalue weighted by atomic mass is 9.82. The fraction of sp³-hybridized carbons (Fsp3) is 0.326. The number of nitro groups is 1. The van der Waals surface area contributed by atoms with Gasteiger partial charge in [0.1, 0.15) is 0 Å². The van der Waals surface area contributed by atoms with Crippen molar-refractivity contribution in [2.45, 2.75) is 75.7 Å². The average molecular weight is 788 g/mol. The molecule has 4 N–H and O–H groups in total. The van der Waals surface area contributed by atoms with E-state index in [2.05, 4.69) is 10.3 Å². The van der Waals surface area contributed by atoms with Crippen LogP contribution in [-0.2, 0) is 50.7 Å². The van der Waals surface area contributed by atoms with Crippen molar-refractivity contribution in [2.24, 2.45) is 5.92 Å². The molecule has 13 nitrogen and oxygen atoms in total. The summed E-state index contributed by atoms with van der Waals surface area (Å²) < 4.78 is 6.84. The quantitative estimate of drug-likeness (QED) is 0.0764. The van der Waals surface area contributed by atoms with Crippen molar-refractivity contribution in [3.8, 4) is 0 Å². The van der Waals surface area contributed by atoms with E-state index in [4.69, 9.17) is 4.74 Å². The molecular weight excluding hydrogens is 743 g/mol. The SMILES string of the molecule is C[C@@H]1[C@@H]([Si](C)(C)O)[C@H](CC(=O)N2Cc3ccccc3C[C@H]2CO)O[C@@]12C(=O)N(Cc1ccc(NC(=O)Cc3c[nH]c4ccccc34)cc1)c1ccc([N+](=O)[O-])cc12. The lowest BCUT2D eigenvalue weighted by Gasteiger charge is -2.37. The number of aliphatic hydroxyl groups is 1. The zero-order valence-electron chi connectivity index (χ0n) is 32.0. The van der Waals surface area contributed by atoms with E-state index in [0.717, 1.165) is 33.2 Å². The van der Waals surface area contributed by atoms with E-state index in [-0.39, 0.29) is 43.5 Å². The third-order valence-electron chi connectivity index (χ3n) is 12.0. The normalized spacial score (nSPS) is 22.9. The van der Waals surface area contributed by atoms with Gasteiger partial charge in [0.15, 0.2) is 13.9 Å². The van der Waals surface area contributed by atoms with Gasteiger partial charge in [0.2, 0.25) is 11.8 Å². The smallest absolute Gasteiger partial charge is 0.269 e. The van der Waals surface area contributed by atoms with Crippen LogP contribution < -0.4 is 10.2 Å². The Kier molecular flexibility index (Phi) is 9.84. The molecule has 5 aromatic rings. The predicted molar refractivity (Wildman–Crippen MR) is 217 cm³/mol. The van der Waals surface area contributed by atoms with Gasteiger partial charge < -0.3 is 34.7 Å². The molecule has 294 valence electrons. The van der Waals surface area contributed by atoms with Gasteiger partial charge in [-0.15, -0.1) is 0 Å². The van der Waals surface area contributed by atoms with Crippen LogP contribution in [-0.4, -0.2) is 69.5 Å². The van der Waals surface area contributed by atoms with Gasteiger partial charge in [-0.1, -0.05) is 61.5 Å². The third kappa shape index (κ3) is 6.82. The van der Waals surface area contributed by atoms with Crippen LogP contribution in [0.2, 0.25) is 18.6 Å². The Bertz CT molecular complexity index is 2390. The van der Waals surface area contributed by atoms with Gasteiger partial charge in [-0.2, -0.15) is 0 Å². The number of carbonyl (C=O) groups excluding carboxylic acids is 3. The minimum absolute atomic E-state index is 0.102. The monoisotopic (exact) mass is 787 g/mol. The van der Waals surface area contributed by atoms with Gasteiger partial charge in [0.25, 0.3) is 11.6 Å². The third-order valence-corrected chi connectivity index (χ3v) is 14.5. The standard InChI is InChI=1S/C43H45N5O8Si/c1-26-41(57(2,3)55)38(21-40(51)46-24-29-9-5-4-8-28(29)18-33(46)25-49)56-43(26)35-20-32(48(53)54)16-17-37(35)47(42(43)52)23-27-12-14-31(15-13-27)45-39(50)19-30-22-44-36-11-7-6-10-34(30)36/h4-17,20,22,26,33,38,41,44,49,55H,18-19,21,23-25H2,1-3H3,(H,45,50)/t26-,33+,38+,41-,43+/m1/s1. The molecule has 0 bridgehead atoms. The molecule has 0 unspecified atom stereocenters. The topological polar surface area (TPSA) is 178 Å². The number of para-hydroxylation sites is 1. The van der Waals surface area contributed by atoms with Crippen molar-refractivity contribution >= 4 is 54.0 Å². The van der Waals surface area contributed by atoms with Crippen LogP contribution in [0.5, 0.6) is 0 Å². The Labute approximate surface area is 330 Å². The number of rotatable bonds is 10. The number of nitrogens with zero attached hydrogens (tertiary/aromatic N) is 3. The van der Waals surface area contributed by atoms with Crippen LogP contribution in [0.15, 0.2) is 97.2 Å². The Balaban J connectivity index is 1.06. The maximum absolute atomic E-state index is 15.0. The van der Waals surface area contributed by atoms with E-state index in [1.165, 1.54) is 12.1 Å². The summed E-state index contributed by atoms with van der Waals surface area (Å²) in [5, 5.41) is 26.3. The Morgan fingerprint density at radius 1 is 1.04 bits per heavy atom. The average Bonchev–Trinajstić information content (AvgIpc) is 3.81. The van der Waals surface area contributed by atoms with Crippen LogP contribution in [0, 0.1) is 16.0 Å². The summed E-state index contributed by atoms with van der Waals surface area (Å²) in [5.74, 6) is -1.52. The fourth-order valence-electron chi connectivity index (χ4n) is 9.40. The Morgan fingerprint density at radius 2 is 1.75 bits per heavy atom. The summed E-state index contributed by atoms with van der Waals surface area (Å²) in [4.78, 5) is 71.8. The summed E-state index contributed by atoms with van der Waals surface area (Å²) in [5.41, 5.74) is 3.51. The molecule has 1 saturated heterocycles. The summed E-state index contributed by atoms with van der Waals surface area (Å²) >= 11 is 0. The molecule has 1 fully saturated rings. The van der Waals surface area contributed by atoms with Crippen molar-refractivity contribution in [1.29, 1.82) is 0 Å². The number of aromatic nitrogens is 1. The second kappa shape index (κ2) is 14.7. The van der Waals surface area contributed by atoms with Crippen LogP contribution in [0.4, 0.5) is 17.1 Å². The Hall–Kier alpha value is -5.67. The molecule has 5 atom stereocenters. The lowest BCUT2D eigenvalue weighted by Crippen LogP contribution is -2.48. The van der Waals surface area contributed by atoms with Gasteiger partial charge >= 0.3 is 0 Å². The van der Waals surface area contributed by atoms with Crippen LogP contribution in [0.3, 0.4) is 0 Å². The number of carbonyl (C=O) groups is 3. The highest BCUT2D eigenvalue weighted by molar-refractivity contribution is 6.71. The number of H-pyrrole nitrogens is 1. The molecule has 0 aliphatic carbocycles. The van der Waals surface area contributed by atoms with Gasteiger partial charge in [-0.3, -0.25) is 24.5 Å².